The van der Waals surface area contributed by atoms with Crippen molar-refractivity contribution in [3.8, 4) is 5.75 Å². The number of hydroxylamine groups is 1. The van der Waals surface area contributed by atoms with Crippen LogP contribution in [-0.4, -0.2) is 29.4 Å². The maximum atomic E-state index is 13.5. The third-order valence-electron chi connectivity index (χ3n) is 5.93. The molecule has 0 aliphatic carbocycles. The summed E-state index contributed by atoms with van der Waals surface area (Å²) in [5.41, 5.74) is 2.61. The number of imide groups is 1. The SMILES string of the molecule is CCOc1ccc([C@@H]2[C@@H]3C(=O)N(Cc4ccccc4)C(=O)[C@H]3ON2c2ccccc2)cc1. The van der Waals surface area contributed by atoms with E-state index in [-0.39, 0.29) is 18.4 Å². The Hall–Kier alpha value is -3.64. The van der Waals surface area contributed by atoms with Crippen LogP contribution in [0.5, 0.6) is 5.75 Å². The number of benzene rings is 3. The second-order valence-electron chi connectivity index (χ2n) is 7.91. The van der Waals surface area contributed by atoms with Crippen LogP contribution in [0.3, 0.4) is 0 Å². The monoisotopic (exact) mass is 428 g/mol. The summed E-state index contributed by atoms with van der Waals surface area (Å²) in [5, 5.41) is 1.71. The van der Waals surface area contributed by atoms with Gasteiger partial charge in [0, 0.05) is 0 Å². The number of anilines is 1. The Morgan fingerprint density at radius 3 is 2.16 bits per heavy atom. The average Bonchev–Trinajstić information content (AvgIpc) is 3.33. The predicted molar refractivity (Wildman–Crippen MR) is 120 cm³/mol. The van der Waals surface area contributed by atoms with Crippen LogP contribution in [0.2, 0.25) is 0 Å². The lowest BCUT2D eigenvalue weighted by atomic mass is 9.90. The fraction of sp³-hybridized carbons (Fsp3) is 0.231. The van der Waals surface area contributed by atoms with Crippen molar-refractivity contribution in [2.45, 2.75) is 25.6 Å². The smallest absolute Gasteiger partial charge is 0.262 e. The van der Waals surface area contributed by atoms with Gasteiger partial charge in [0.2, 0.25) is 5.91 Å². The van der Waals surface area contributed by atoms with Crippen molar-refractivity contribution in [2.24, 2.45) is 5.92 Å². The first kappa shape index (κ1) is 20.3. The molecule has 6 nitrogen and oxygen atoms in total. The molecule has 3 atom stereocenters. The summed E-state index contributed by atoms with van der Waals surface area (Å²) >= 11 is 0. The molecule has 2 fully saturated rings. The van der Waals surface area contributed by atoms with Gasteiger partial charge in [0.1, 0.15) is 11.7 Å². The molecule has 32 heavy (non-hydrogen) atoms. The normalized spacial score (nSPS) is 22.3. The topological polar surface area (TPSA) is 59.1 Å². The van der Waals surface area contributed by atoms with Crippen molar-refractivity contribution in [3.05, 3.63) is 96.1 Å². The number of para-hydroxylation sites is 1. The molecule has 3 aromatic carbocycles. The summed E-state index contributed by atoms with van der Waals surface area (Å²) in [7, 11) is 0. The molecular weight excluding hydrogens is 404 g/mol. The minimum Gasteiger partial charge on any atom is -0.494 e. The number of nitrogens with zero attached hydrogens (tertiary/aromatic N) is 2. The lowest BCUT2D eigenvalue weighted by molar-refractivity contribution is -0.143. The van der Waals surface area contributed by atoms with Crippen LogP contribution in [0.15, 0.2) is 84.9 Å². The summed E-state index contributed by atoms with van der Waals surface area (Å²) < 4.78 is 5.57. The lowest BCUT2D eigenvalue weighted by Gasteiger charge is -2.28. The Labute approximate surface area is 186 Å². The second kappa shape index (κ2) is 8.48. The molecular formula is C26H24N2O4. The number of amides is 2. The first-order chi connectivity index (χ1) is 15.7. The van der Waals surface area contributed by atoms with Crippen LogP contribution in [-0.2, 0) is 21.0 Å². The summed E-state index contributed by atoms with van der Waals surface area (Å²) in [6.07, 6.45) is -0.844. The van der Waals surface area contributed by atoms with Crippen LogP contribution >= 0.6 is 0 Å². The van der Waals surface area contributed by atoms with Gasteiger partial charge in [-0.3, -0.25) is 19.3 Å². The van der Waals surface area contributed by atoms with Gasteiger partial charge in [0.25, 0.3) is 5.91 Å². The number of carbonyl (C=O) groups is 2. The summed E-state index contributed by atoms with van der Waals surface area (Å²) in [5.74, 6) is -0.360. The Morgan fingerprint density at radius 2 is 1.50 bits per heavy atom. The fourth-order valence-electron chi connectivity index (χ4n) is 4.46. The molecule has 2 heterocycles. The standard InChI is InChI=1S/C26H24N2O4/c1-2-31-21-15-13-19(14-16-21)23-22-24(32-28(23)20-11-7-4-8-12-20)26(30)27(25(22)29)17-18-9-5-3-6-10-18/h3-16,22-24H,2,17H2,1H3/t22-,23+,24-/m0/s1. The van der Waals surface area contributed by atoms with Gasteiger partial charge in [-0.15, -0.1) is 0 Å². The third kappa shape index (κ3) is 3.52. The molecule has 3 aromatic rings. The maximum absolute atomic E-state index is 13.5. The predicted octanol–water partition coefficient (Wildman–Crippen LogP) is 4.13. The van der Waals surface area contributed by atoms with E-state index >= 15 is 0 Å². The molecule has 2 amide bonds. The first-order valence-corrected chi connectivity index (χ1v) is 10.8. The van der Waals surface area contributed by atoms with E-state index in [0.717, 1.165) is 22.6 Å². The molecule has 0 saturated carbocycles. The van der Waals surface area contributed by atoms with Gasteiger partial charge in [0.05, 0.1) is 24.9 Å². The first-order valence-electron chi connectivity index (χ1n) is 10.8. The highest BCUT2D eigenvalue weighted by Gasteiger charge is 2.59. The average molecular weight is 428 g/mol. The van der Waals surface area contributed by atoms with Crippen molar-refractivity contribution >= 4 is 17.5 Å². The highest BCUT2D eigenvalue weighted by atomic mass is 16.7. The van der Waals surface area contributed by atoms with Gasteiger partial charge in [-0.2, -0.15) is 0 Å². The summed E-state index contributed by atoms with van der Waals surface area (Å²) in [4.78, 5) is 34.2. The number of rotatable bonds is 6. The van der Waals surface area contributed by atoms with Gasteiger partial charge >= 0.3 is 0 Å². The van der Waals surface area contributed by atoms with Gasteiger partial charge < -0.3 is 4.74 Å². The minimum absolute atomic E-state index is 0.207. The lowest BCUT2D eigenvalue weighted by Crippen LogP contribution is -2.36. The molecule has 0 bridgehead atoms. The molecule has 0 radical (unpaired) electrons. The second-order valence-corrected chi connectivity index (χ2v) is 7.91. The Balaban J connectivity index is 1.50. The number of hydrogen-bond donors (Lipinski definition) is 0. The third-order valence-corrected chi connectivity index (χ3v) is 5.93. The van der Waals surface area contributed by atoms with Gasteiger partial charge in [-0.1, -0.05) is 60.7 Å². The van der Waals surface area contributed by atoms with Gasteiger partial charge in [-0.25, -0.2) is 5.06 Å². The van der Waals surface area contributed by atoms with E-state index in [4.69, 9.17) is 9.57 Å². The Bertz CT molecular complexity index is 1100. The van der Waals surface area contributed by atoms with E-state index in [1.54, 1.807) is 5.06 Å². The van der Waals surface area contributed by atoms with Crippen molar-refractivity contribution in [3.63, 3.8) is 0 Å². The molecule has 162 valence electrons. The van der Waals surface area contributed by atoms with Gasteiger partial charge in [-0.05, 0) is 42.3 Å². The van der Waals surface area contributed by atoms with E-state index in [9.17, 15) is 9.59 Å². The number of hydrogen-bond acceptors (Lipinski definition) is 5. The maximum Gasteiger partial charge on any atom is 0.262 e. The van der Waals surface area contributed by atoms with E-state index in [1.807, 2.05) is 91.9 Å². The van der Waals surface area contributed by atoms with E-state index in [1.165, 1.54) is 4.90 Å². The Kier molecular flexibility index (Phi) is 5.37. The van der Waals surface area contributed by atoms with Crippen molar-refractivity contribution in [1.29, 1.82) is 0 Å². The highest BCUT2D eigenvalue weighted by molar-refractivity contribution is 6.07. The molecule has 2 saturated heterocycles. The summed E-state index contributed by atoms with van der Waals surface area (Å²) in [6, 6.07) is 26.3. The molecule has 0 aromatic heterocycles. The molecule has 2 aliphatic rings. The molecule has 6 heteroatoms. The quantitative estimate of drug-likeness (QED) is 0.553. The molecule has 0 N–H and O–H groups in total. The summed E-state index contributed by atoms with van der Waals surface area (Å²) in [6.45, 7) is 2.76. The zero-order valence-electron chi connectivity index (χ0n) is 17.8. The van der Waals surface area contributed by atoms with E-state index < -0.39 is 18.1 Å². The van der Waals surface area contributed by atoms with Crippen LogP contribution in [0.1, 0.15) is 24.1 Å². The Morgan fingerprint density at radius 1 is 0.844 bits per heavy atom. The van der Waals surface area contributed by atoms with E-state index in [2.05, 4.69) is 0 Å². The minimum atomic E-state index is -0.844. The molecule has 5 rings (SSSR count). The van der Waals surface area contributed by atoms with Crippen LogP contribution in [0.4, 0.5) is 5.69 Å². The van der Waals surface area contributed by atoms with E-state index in [0.29, 0.717) is 6.61 Å². The number of likely N-dealkylation sites (tertiary alicyclic amines) is 1. The molecule has 0 spiro atoms. The number of fused-ring (bicyclic) bond motifs is 1. The molecule has 0 unspecified atom stereocenters. The fourth-order valence-corrected chi connectivity index (χ4v) is 4.46. The largest absolute Gasteiger partial charge is 0.494 e. The van der Waals surface area contributed by atoms with Crippen LogP contribution < -0.4 is 9.80 Å². The van der Waals surface area contributed by atoms with Crippen molar-refractivity contribution in [1.82, 2.24) is 4.90 Å². The molecule has 2 aliphatic heterocycles. The van der Waals surface area contributed by atoms with Crippen molar-refractivity contribution < 1.29 is 19.2 Å². The number of ether oxygens (including phenoxy) is 1. The number of carbonyl (C=O) groups excluding carboxylic acids is 2. The highest BCUT2D eigenvalue weighted by Crippen LogP contribution is 2.47. The van der Waals surface area contributed by atoms with Crippen LogP contribution in [0, 0.1) is 5.92 Å². The van der Waals surface area contributed by atoms with Crippen LogP contribution in [0.25, 0.3) is 0 Å². The zero-order valence-corrected chi connectivity index (χ0v) is 17.8. The van der Waals surface area contributed by atoms with Gasteiger partial charge in [0.15, 0.2) is 6.10 Å². The zero-order chi connectivity index (χ0) is 22.1. The van der Waals surface area contributed by atoms with Crippen molar-refractivity contribution in [2.75, 3.05) is 11.7 Å².